The van der Waals surface area contributed by atoms with Crippen LogP contribution in [-0.2, 0) is 14.8 Å². The van der Waals surface area contributed by atoms with Crippen molar-refractivity contribution in [3.63, 3.8) is 0 Å². The monoisotopic (exact) mass is 350 g/mol. The third-order valence-corrected chi connectivity index (χ3v) is 5.98. The minimum Gasteiger partial charge on any atom is -0.353 e. The van der Waals surface area contributed by atoms with Gasteiger partial charge in [-0.05, 0) is 37.8 Å². The number of rotatable bonds is 6. The van der Waals surface area contributed by atoms with Gasteiger partial charge in [-0.1, -0.05) is 37.3 Å². The summed E-state index contributed by atoms with van der Waals surface area (Å²) < 4.78 is 26.3. The van der Waals surface area contributed by atoms with Gasteiger partial charge in [0.2, 0.25) is 15.9 Å². The number of sulfonamides is 1. The summed E-state index contributed by atoms with van der Waals surface area (Å²) in [5.74, 6) is -0.0511. The second-order valence-corrected chi connectivity index (χ2v) is 8.07. The Bertz CT molecular complexity index is 663. The van der Waals surface area contributed by atoms with Crippen molar-refractivity contribution in [2.24, 2.45) is 5.92 Å². The molecule has 5 nitrogen and oxygen atoms in total. The molecule has 0 bridgehead atoms. The van der Waals surface area contributed by atoms with Gasteiger partial charge >= 0.3 is 0 Å². The first-order chi connectivity index (χ1) is 11.4. The second kappa shape index (κ2) is 8.44. The lowest BCUT2D eigenvalue weighted by Crippen LogP contribution is -2.44. The predicted octanol–water partition coefficient (Wildman–Crippen LogP) is 2.61. The van der Waals surface area contributed by atoms with Gasteiger partial charge in [0.25, 0.3) is 0 Å². The lowest BCUT2D eigenvalue weighted by Gasteiger charge is -2.30. The summed E-state index contributed by atoms with van der Waals surface area (Å²) in [5.41, 5.74) is 0.851. The van der Waals surface area contributed by atoms with Crippen molar-refractivity contribution in [1.29, 1.82) is 0 Å². The molecule has 132 valence electrons. The summed E-state index contributed by atoms with van der Waals surface area (Å²) in [6.07, 6.45) is 3.64. The molecule has 1 amide bonds. The van der Waals surface area contributed by atoms with Gasteiger partial charge in [0.05, 0.1) is 0 Å². The van der Waals surface area contributed by atoms with E-state index in [2.05, 4.69) is 5.32 Å². The van der Waals surface area contributed by atoms with Crippen LogP contribution in [0, 0.1) is 5.92 Å². The van der Waals surface area contributed by atoms with Crippen LogP contribution in [-0.4, -0.2) is 37.8 Å². The van der Waals surface area contributed by atoms with Gasteiger partial charge in [0.15, 0.2) is 0 Å². The number of hydrogen-bond acceptors (Lipinski definition) is 3. The fourth-order valence-corrected chi connectivity index (χ4v) is 3.87. The normalized spacial score (nSPS) is 18.6. The molecule has 1 heterocycles. The van der Waals surface area contributed by atoms with Crippen molar-refractivity contribution >= 4 is 22.0 Å². The molecule has 1 aliphatic rings. The van der Waals surface area contributed by atoms with Crippen LogP contribution in [0.3, 0.4) is 0 Å². The Morgan fingerprint density at radius 2 is 1.92 bits per heavy atom. The van der Waals surface area contributed by atoms with Gasteiger partial charge in [-0.15, -0.1) is 0 Å². The Morgan fingerprint density at radius 1 is 1.29 bits per heavy atom. The number of carbonyl (C=O) groups excluding carboxylic acids is 1. The molecule has 1 aromatic rings. The van der Waals surface area contributed by atoms with Crippen LogP contribution in [0.4, 0.5) is 0 Å². The highest BCUT2D eigenvalue weighted by molar-refractivity contribution is 7.92. The van der Waals surface area contributed by atoms with Crippen molar-refractivity contribution < 1.29 is 13.2 Å². The van der Waals surface area contributed by atoms with E-state index < -0.39 is 10.0 Å². The first-order valence-corrected chi connectivity index (χ1v) is 9.96. The molecule has 1 aliphatic heterocycles. The number of amides is 1. The zero-order chi connectivity index (χ0) is 17.6. The SMILES string of the molecule is CCC(C)NC(=O)C1CCN(S(=O)(=O)/C=C/c2ccccc2)CC1. The number of benzene rings is 1. The Kier molecular flexibility index (Phi) is 6.57. The van der Waals surface area contributed by atoms with Crippen molar-refractivity contribution in [1.82, 2.24) is 9.62 Å². The molecule has 0 spiro atoms. The maximum absolute atomic E-state index is 12.4. The highest BCUT2D eigenvalue weighted by Crippen LogP contribution is 2.21. The molecule has 1 aromatic carbocycles. The molecule has 1 saturated heterocycles. The van der Waals surface area contributed by atoms with E-state index in [-0.39, 0.29) is 17.9 Å². The van der Waals surface area contributed by atoms with E-state index >= 15 is 0 Å². The lowest BCUT2D eigenvalue weighted by molar-refractivity contribution is -0.126. The van der Waals surface area contributed by atoms with E-state index in [4.69, 9.17) is 0 Å². The number of nitrogens with one attached hydrogen (secondary N) is 1. The average molecular weight is 350 g/mol. The summed E-state index contributed by atoms with van der Waals surface area (Å²) in [6.45, 7) is 4.78. The molecule has 1 N–H and O–H groups in total. The highest BCUT2D eigenvalue weighted by Gasteiger charge is 2.30. The van der Waals surface area contributed by atoms with E-state index in [1.807, 2.05) is 44.2 Å². The fraction of sp³-hybridized carbons (Fsp3) is 0.500. The molecule has 0 radical (unpaired) electrons. The first kappa shape index (κ1) is 18.7. The summed E-state index contributed by atoms with van der Waals surface area (Å²) in [6, 6.07) is 9.50. The quantitative estimate of drug-likeness (QED) is 0.857. The molecule has 0 aliphatic carbocycles. The second-order valence-electron chi connectivity index (χ2n) is 6.25. The van der Waals surface area contributed by atoms with Crippen molar-refractivity contribution in [3.8, 4) is 0 Å². The molecule has 1 unspecified atom stereocenters. The number of hydrogen-bond donors (Lipinski definition) is 1. The number of piperidine rings is 1. The smallest absolute Gasteiger partial charge is 0.236 e. The van der Waals surface area contributed by atoms with Gasteiger partial charge < -0.3 is 5.32 Å². The van der Waals surface area contributed by atoms with Crippen molar-refractivity contribution in [2.75, 3.05) is 13.1 Å². The molecule has 1 atom stereocenters. The summed E-state index contributed by atoms with van der Waals surface area (Å²) >= 11 is 0. The topological polar surface area (TPSA) is 66.5 Å². The van der Waals surface area contributed by atoms with E-state index in [0.29, 0.717) is 25.9 Å². The third kappa shape index (κ3) is 5.18. The molecule has 1 fully saturated rings. The van der Waals surface area contributed by atoms with Crippen LogP contribution in [0.25, 0.3) is 6.08 Å². The van der Waals surface area contributed by atoms with Crippen LogP contribution in [0.15, 0.2) is 35.7 Å². The number of carbonyl (C=O) groups is 1. The molecule has 24 heavy (non-hydrogen) atoms. The highest BCUT2D eigenvalue weighted by atomic mass is 32.2. The van der Waals surface area contributed by atoms with E-state index in [9.17, 15) is 13.2 Å². The lowest BCUT2D eigenvalue weighted by atomic mass is 9.97. The molecule has 0 aromatic heterocycles. The average Bonchev–Trinajstić information content (AvgIpc) is 2.61. The minimum atomic E-state index is -3.44. The Hall–Kier alpha value is -1.66. The van der Waals surface area contributed by atoms with Crippen LogP contribution < -0.4 is 5.32 Å². The Balaban J connectivity index is 1.91. The van der Waals surface area contributed by atoms with Crippen molar-refractivity contribution in [3.05, 3.63) is 41.3 Å². The van der Waals surface area contributed by atoms with Crippen LogP contribution in [0.1, 0.15) is 38.7 Å². The van der Waals surface area contributed by atoms with Crippen LogP contribution >= 0.6 is 0 Å². The minimum absolute atomic E-state index is 0.0428. The van der Waals surface area contributed by atoms with E-state index in [0.717, 1.165) is 12.0 Å². The van der Waals surface area contributed by atoms with Crippen LogP contribution in [0.2, 0.25) is 0 Å². The van der Waals surface area contributed by atoms with Gasteiger partial charge in [-0.2, -0.15) is 4.31 Å². The summed E-state index contributed by atoms with van der Waals surface area (Å²) in [5, 5.41) is 4.23. The Morgan fingerprint density at radius 3 is 2.50 bits per heavy atom. The molecular formula is C18H26N2O3S. The van der Waals surface area contributed by atoms with Crippen LogP contribution in [0.5, 0.6) is 0 Å². The molecule has 0 saturated carbocycles. The van der Waals surface area contributed by atoms with E-state index in [1.165, 1.54) is 9.71 Å². The zero-order valence-electron chi connectivity index (χ0n) is 14.3. The number of nitrogens with zero attached hydrogens (tertiary/aromatic N) is 1. The standard InChI is InChI=1S/C18H26N2O3S/c1-3-15(2)19-18(21)17-9-12-20(13-10-17)24(22,23)14-11-16-7-5-4-6-8-16/h4-8,11,14-15,17H,3,9-10,12-13H2,1-2H3,(H,19,21)/b14-11+. The van der Waals surface area contributed by atoms with Gasteiger partial charge in [-0.25, -0.2) is 8.42 Å². The fourth-order valence-electron chi connectivity index (χ4n) is 2.65. The maximum atomic E-state index is 12.4. The zero-order valence-corrected chi connectivity index (χ0v) is 15.1. The van der Waals surface area contributed by atoms with Gasteiger partial charge in [-0.3, -0.25) is 4.79 Å². The third-order valence-electron chi connectivity index (χ3n) is 4.42. The largest absolute Gasteiger partial charge is 0.353 e. The molecule has 2 rings (SSSR count). The maximum Gasteiger partial charge on any atom is 0.236 e. The summed E-state index contributed by atoms with van der Waals surface area (Å²) in [4.78, 5) is 12.1. The Labute approximate surface area is 144 Å². The van der Waals surface area contributed by atoms with Gasteiger partial charge in [0.1, 0.15) is 0 Å². The first-order valence-electron chi connectivity index (χ1n) is 8.46. The summed E-state index contributed by atoms with van der Waals surface area (Å²) in [7, 11) is -3.44. The molecule has 6 heteroatoms. The predicted molar refractivity (Wildman–Crippen MR) is 96.6 cm³/mol. The molecular weight excluding hydrogens is 324 g/mol. The van der Waals surface area contributed by atoms with Crippen molar-refractivity contribution in [2.45, 2.75) is 39.2 Å². The van der Waals surface area contributed by atoms with E-state index in [1.54, 1.807) is 6.08 Å². The van der Waals surface area contributed by atoms with Gasteiger partial charge in [0, 0.05) is 30.5 Å².